The van der Waals surface area contributed by atoms with Crippen molar-refractivity contribution in [2.45, 2.75) is 18.4 Å². The van der Waals surface area contributed by atoms with Gasteiger partial charge >= 0.3 is 6.03 Å². The molecular weight excluding hydrogens is 320 g/mol. The minimum atomic E-state index is 0. The molecule has 5 nitrogen and oxygen atoms in total. The van der Waals surface area contributed by atoms with Gasteiger partial charge in [-0.15, -0.1) is 24.2 Å². The van der Waals surface area contributed by atoms with Crippen molar-refractivity contribution in [2.24, 2.45) is 0 Å². The summed E-state index contributed by atoms with van der Waals surface area (Å²) in [5.74, 6) is 0. The number of nitrogens with zero attached hydrogens (tertiary/aromatic N) is 3. The number of hydrogen-bond acceptors (Lipinski definition) is 3. The van der Waals surface area contributed by atoms with Crippen LogP contribution in [0.1, 0.15) is 11.4 Å². The Bertz CT molecular complexity index is 660. The van der Waals surface area contributed by atoms with Gasteiger partial charge in [-0.1, -0.05) is 6.07 Å². The zero-order chi connectivity index (χ0) is 14.8. The van der Waals surface area contributed by atoms with E-state index in [4.69, 9.17) is 0 Å². The third-order valence-corrected chi connectivity index (χ3v) is 4.46. The summed E-state index contributed by atoms with van der Waals surface area (Å²) in [5.41, 5.74) is 2.92. The number of carbonyl (C=O) groups excluding carboxylic acids is 1. The zero-order valence-corrected chi connectivity index (χ0v) is 14.2. The molecule has 2 aromatic rings. The van der Waals surface area contributed by atoms with Crippen molar-refractivity contribution in [1.29, 1.82) is 0 Å². The summed E-state index contributed by atoms with van der Waals surface area (Å²) in [6.45, 7) is 3.99. The van der Waals surface area contributed by atoms with E-state index in [0.29, 0.717) is 6.54 Å². The van der Waals surface area contributed by atoms with Crippen LogP contribution in [0.3, 0.4) is 0 Å². The molecule has 1 aromatic heterocycles. The van der Waals surface area contributed by atoms with Crippen LogP contribution in [0.15, 0.2) is 35.5 Å². The van der Waals surface area contributed by atoms with Crippen molar-refractivity contribution in [3.8, 4) is 0 Å². The van der Waals surface area contributed by atoms with E-state index in [1.807, 2.05) is 35.1 Å². The number of aromatic nitrogens is 2. The van der Waals surface area contributed by atoms with Crippen molar-refractivity contribution >= 4 is 35.9 Å². The minimum Gasteiger partial charge on any atom is -0.348 e. The average molecular weight is 339 g/mol. The van der Waals surface area contributed by atoms with Crippen LogP contribution in [0.5, 0.6) is 0 Å². The van der Waals surface area contributed by atoms with Crippen LogP contribution in [0.2, 0.25) is 0 Å². The number of carbonyl (C=O) groups is 1. The van der Waals surface area contributed by atoms with E-state index in [2.05, 4.69) is 22.1 Å². The number of hydrogen-bond donors (Lipinski definition) is 1. The fourth-order valence-electron chi connectivity index (χ4n) is 2.47. The Hall–Kier alpha value is -1.66. The number of halogens is 1. The molecule has 0 spiro atoms. The second kappa shape index (κ2) is 7.07. The van der Waals surface area contributed by atoms with Crippen molar-refractivity contribution in [1.82, 2.24) is 14.9 Å². The first kappa shape index (κ1) is 16.7. The number of nitrogens with one attached hydrogen (secondary N) is 1. The Balaban J connectivity index is 0.00000176. The molecule has 1 aliphatic rings. The molecule has 1 fully saturated rings. The fourth-order valence-corrected chi connectivity index (χ4v) is 2.93. The molecule has 7 heteroatoms. The van der Waals surface area contributed by atoms with E-state index in [1.165, 1.54) is 4.90 Å². The molecule has 0 bridgehead atoms. The van der Waals surface area contributed by atoms with Gasteiger partial charge in [0.15, 0.2) is 0 Å². The van der Waals surface area contributed by atoms with Gasteiger partial charge in [-0.05, 0) is 31.4 Å². The Morgan fingerprint density at radius 2 is 2.18 bits per heavy atom. The number of anilines is 1. The minimum absolute atomic E-state index is 0. The summed E-state index contributed by atoms with van der Waals surface area (Å²) >= 11 is 1.68. The van der Waals surface area contributed by atoms with Crippen LogP contribution in [0.25, 0.3) is 0 Å². The maximum absolute atomic E-state index is 12.6. The summed E-state index contributed by atoms with van der Waals surface area (Å²) in [7, 11) is 0. The van der Waals surface area contributed by atoms with Crippen LogP contribution >= 0.6 is 24.2 Å². The first-order valence-corrected chi connectivity index (χ1v) is 8.11. The highest BCUT2D eigenvalue weighted by Crippen LogP contribution is 2.25. The molecule has 1 aliphatic heterocycles. The molecule has 0 saturated carbocycles. The van der Waals surface area contributed by atoms with Crippen LogP contribution in [-0.2, 0) is 6.54 Å². The molecule has 0 aliphatic carbocycles. The van der Waals surface area contributed by atoms with Gasteiger partial charge in [-0.2, -0.15) is 0 Å². The fraction of sp³-hybridized carbons (Fsp3) is 0.333. The van der Waals surface area contributed by atoms with Gasteiger partial charge in [0.25, 0.3) is 0 Å². The first-order chi connectivity index (χ1) is 10.2. The Morgan fingerprint density at radius 3 is 2.86 bits per heavy atom. The highest BCUT2D eigenvalue weighted by Gasteiger charge is 2.30. The standard InChI is InChI=1S/C15H18N4OS.ClH/c1-11-14(17-10-16-11)9-18-6-7-19(15(18)20)12-4-3-5-13(8-12)21-2;/h3-5,8,10H,6-7,9H2,1-2H3,(H,16,17);1H. The Morgan fingerprint density at radius 1 is 1.36 bits per heavy atom. The molecule has 3 rings (SSSR count). The predicted octanol–water partition coefficient (Wildman–Crippen LogP) is 3.30. The lowest BCUT2D eigenvalue weighted by Gasteiger charge is -2.18. The number of thioether (sulfide) groups is 1. The molecule has 1 aromatic carbocycles. The first-order valence-electron chi connectivity index (χ1n) is 6.88. The van der Waals surface area contributed by atoms with Crippen LogP contribution in [0, 0.1) is 6.92 Å². The summed E-state index contributed by atoms with van der Waals surface area (Å²) < 4.78 is 0. The second-order valence-electron chi connectivity index (χ2n) is 5.03. The summed E-state index contributed by atoms with van der Waals surface area (Å²) in [4.78, 5) is 24.7. The predicted molar refractivity (Wildman–Crippen MR) is 91.9 cm³/mol. The number of aromatic amines is 1. The number of amides is 2. The molecule has 2 heterocycles. The molecule has 22 heavy (non-hydrogen) atoms. The van der Waals surface area contributed by atoms with Crippen molar-refractivity contribution in [2.75, 3.05) is 24.2 Å². The number of imidazole rings is 1. The largest absolute Gasteiger partial charge is 0.348 e. The number of H-pyrrole nitrogens is 1. The lowest BCUT2D eigenvalue weighted by molar-refractivity contribution is 0.218. The lowest BCUT2D eigenvalue weighted by atomic mass is 10.3. The molecule has 0 radical (unpaired) electrons. The molecule has 0 unspecified atom stereocenters. The molecule has 1 saturated heterocycles. The van der Waals surface area contributed by atoms with Gasteiger partial charge < -0.3 is 9.88 Å². The van der Waals surface area contributed by atoms with Crippen molar-refractivity contribution < 1.29 is 4.79 Å². The van der Waals surface area contributed by atoms with Crippen molar-refractivity contribution in [3.63, 3.8) is 0 Å². The molecule has 0 atom stereocenters. The maximum Gasteiger partial charge on any atom is 0.324 e. The molecule has 1 N–H and O–H groups in total. The van der Waals surface area contributed by atoms with Gasteiger partial charge in [0, 0.05) is 29.4 Å². The van der Waals surface area contributed by atoms with Gasteiger partial charge in [-0.3, -0.25) is 4.90 Å². The Labute approximate surface area is 140 Å². The van der Waals surface area contributed by atoms with E-state index in [0.717, 1.165) is 30.2 Å². The number of rotatable bonds is 4. The highest BCUT2D eigenvalue weighted by molar-refractivity contribution is 7.98. The molecule has 118 valence electrons. The normalized spacial score (nSPS) is 14.4. The number of aryl methyl sites for hydroxylation is 1. The maximum atomic E-state index is 12.6. The van der Waals surface area contributed by atoms with E-state index >= 15 is 0 Å². The summed E-state index contributed by atoms with van der Waals surface area (Å²) in [6.07, 6.45) is 3.71. The van der Waals surface area contributed by atoms with Gasteiger partial charge in [-0.25, -0.2) is 9.78 Å². The second-order valence-corrected chi connectivity index (χ2v) is 5.91. The summed E-state index contributed by atoms with van der Waals surface area (Å²) in [6, 6.07) is 8.15. The van der Waals surface area contributed by atoms with Crippen LogP contribution in [-0.4, -0.2) is 40.2 Å². The summed E-state index contributed by atoms with van der Waals surface area (Å²) in [5, 5.41) is 0. The van der Waals surface area contributed by atoms with E-state index < -0.39 is 0 Å². The highest BCUT2D eigenvalue weighted by atomic mass is 35.5. The van der Waals surface area contributed by atoms with Crippen molar-refractivity contribution in [3.05, 3.63) is 42.0 Å². The van der Waals surface area contributed by atoms with E-state index in [-0.39, 0.29) is 18.4 Å². The van der Waals surface area contributed by atoms with Crippen LogP contribution in [0.4, 0.5) is 10.5 Å². The molecule has 2 amide bonds. The van der Waals surface area contributed by atoms with E-state index in [9.17, 15) is 4.79 Å². The third-order valence-electron chi connectivity index (χ3n) is 3.73. The smallest absolute Gasteiger partial charge is 0.324 e. The quantitative estimate of drug-likeness (QED) is 0.870. The lowest BCUT2D eigenvalue weighted by Crippen LogP contribution is -2.31. The average Bonchev–Trinajstić information content (AvgIpc) is 3.07. The van der Waals surface area contributed by atoms with E-state index in [1.54, 1.807) is 18.1 Å². The number of benzene rings is 1. The molecular formula is C15H19ClN4OS. The number of urea groups is 1. The third kappa shape index (κ3) is 3.23. The Kier molecular flexibility index (Phi) is 5.37. The van der Waals surface area contributed by atoms with Crippen LogP contribution < -0.4 is 4.90 Å². The topological polar surface area (TPSA) is 52.2 Å². The zero-order valence-electron chi connectivity index (χ0n) is 12.6. The SMILES string of the molecule is CSc1cccc(N2CCN(Cc3nc[nH]c3C)C2=O)c1.Cl. The monoisotopic (exact) mass is 338 g/mol. The van der Waals surface area contributed by atoms with Gasteiger partial charge in [0.1, 0.15) is 0 Å². The van der Waals surface area contributed by atoms with Gasteiger partial charge in [0.05, 0.1) is 18.6 Å². The van der Waals surface area contributed by atoms with Gasteiger partial charge in [0.2, 0.25) is 0 Å².